The van der Waals surface area contributed by atoms with Crippen molar-refractivity contribution < 1.29 is 4.79 Å². The molecule has 0 fully saturated rings. The van der Waals surface area contributed by atoms with Gasteiger partial charge in [0.2, 0.25) is 0 Å². The van der Waals surface area contributed by atoms with Gasteiger partial charge in [0, 0.05) is 15.7 Å². The first kappa shape index (κ1) is 13.8. The van der Waals surface area contributed by atoms with Crippen LogP contribution in [0.3, 0.4) is 0 Å². The number of carbonyl (C=O) groups is 1. The second kappa shape index (κ2) is 6.45. The van der Waals surface area contributed by atoms with Crippen LogP contribution in [0, 0.1) is 9.49 Å². The zero-order chi connectivity index (χ0) is 12.1. The molecule has 16 heavy (non-hydrogen) atoms. The average Bonchev–Trinajstić information content (AvgIpc) is 2.25. The maximum Gasteiger partial charge on any atom is 0.251 e. The number of hydrogen-bond acceptors (Lipinski definition) is 1. The van der Waals surface area contributed by atoms with Gasteiger partial charge in [-0.3, -0.25) is 4.79 Å². The molecule has 0 spiro atoms. The standard InChI is InChI=1S/C12H15ClINO/c1-8(2)11(13)7-15-12(16)9-4-3-5-10(14)6-9/h3-6,8,11H,7H2,1-2H3,(H,15,16). The Hall–Kier alpha value is -0.290. The van der Waals surface area contributed by atoms with Crippen LogP contribution in [-0.2, 0) is 0 Å². The Balaban J connectivity index is 2.53. The largest absolute Gasteiger partial charge is 0.351 e. The molecule has 1 aromatic carbocycles. The minimum atomic E-state index is -0.0650. The first-order chi connectivity index (χ1) is 7.50. The quantitative estimate of drug-likeness (QED) is 0.654. The fourth-order valence-corrected chi connectivity index (χ4v) is 1.78. The van der Waals surface area contributed by atoms with Gasteiger partial charge in [-0.1, -0.05) is 19.9 Å². The van der Waals surface area contributed by atoms with Crippen LogP contribution in [0.25, 0.3) is 0 Å². The molecule has 0 aromatic heterocycles. The van der Waals surface area contributed by atoms with Gasteiger partial charge >= 0.3 is 0 Å². The van der Waals surface area contributed by atoms with Gasteiger partial charge in [0.1, 0.15) is 0 Å². The number of alkyl halides is 1. The maximum atomic E-state index is 11.8. The highest BCUT2D eigenvalue weighted by Crippen LogP contribution is 2.10. The molecule has 0 saturated carbocycles. The molecule has 1 atom stereocenters. The average molecular weight is 352 g/mol. The molecule has 0 aliphatic heterocycles. The Morgan fingerprint density at radius 1 is 1.50 bits per heavy atom. The lowest BCUT2D eigenvalue weighted by Crippen LogP contribution is -2.31. The van der Waals surface area contributed by atoms with Crippen molar-refractivity contribution in [2.24, 2.45) is 5.92 Å². The van der Waals surface area contributed by atoms with Gasteiger partial charge in [-0.25, -0.2) is 0 Å². The van der Waals surface area contributed by atoms with Gasteiger partial charge in [0.15, 0.2) is 0 Å². The van der Waals surface area contributed by atoms with Crippen LogP contribution in [0.1, 0.15) is 24.2 Å². The van der Waals surface area contributed by atoms with Crippen molar-refractivity contribution in [3.63, 3.8) is 0 Å². The fraction of sp³-hybridized carbons (Fsp3) is 0.417. The van der Waals surface area contributed by atoms with Crippen LogP contribution < -0.4 is 5.32 Å². The number of nitrogens with one attached hydrogen (secondary N) is 1. The minimum absolute atomic E-state index is 0.0215. The predicted molar refractivity (Wildman–Crippen MR) is 76.0 cm³/mol. The summed E-state index contributed by atoms with van der Waals surface area (Å²) < 4.78 is 1.05. The third-order valence-electron chi connectivity index (χ3n) is 2.27. The van der Waals surface area contributed by atoms with Crippen molar-refractivity contribution >= 4 is 40.1 Å². The molecule has 1 rings (SSSR count). The number of benzene rings is 1. The number of amides is 1. The van der Waals surface area contributed by atoms with E-state index in [0.717, 1.165) is 3.57 Å². The van der Waals surface area contributed by atoms with Gasteiger partial charge in [-0.05, 0) is 46.7 Å². The predicted octanol–water partition coefficient (Wildman–Crippen LogP) is 3.28. The highest BCUT2D eigenvalue weighted by molar-refractivity contribution is 14.1. The molecular weight excluding hydrogens is 336 g/mol. The second-order valence-corrected chi connectivity index (χ2v) is 5.79. The molecule has 4 heteroatoms. The van der Waals surface area contributed by atoms with E-state index in [9.17, 15) is 4.79 Å². The Labute approximate surface area is 115 Å². The van der Waals surface area contributed by atoms with Crippen molar-refractivity contribution in [1.29, 1.82) is 0 Å². The van der Waals surface area contributed by atoms with E-state index < -0.39 is 0 Å². The van der Waals surface area contributed by atoms with Gasteiger partial charge in [-0.2, -0.15) is 0 Å². The van der Waals surface area contributed by atoms with E-state index in [4.69, 9.17) is 11.6 Å². The zero-order valence-corrected chi connectivity index (χ0v) is 12.2. The monoisotopic (exact) mass is 351 g/mol. The van der Waals surface area contributed by atoms with Crippen LogP contribution in [0.5, 0.6) is 0 Å². The summed E-state index contributed by atoms with van der Waals surface area (Å²) >= 11 is 8.25. The zero-order valence-electron chi connectivity index (χ0n) is 9.34. The van der Waals surface area contributed by atoms with E-state index in [1.54, 1.807) is 6.07 Å². The normalized spacial score (nSPS) is 12.6. The highest BCUT2D eigenvalue weighted by Gasteiger charge is 2.12. The lowest BCUT2D eigenvalue weighted by atomic mass is 10.1. The van der Waals surface area contributed by atoms with E-state index in [1.165, 1.54) is 0 Å². The van der Waals surface area contributed by atoms with Crippen LogP contribution in [0.2, 0.25) is 0 Å². The number of carbonyl (C=O) groups excluding carboxylic acids is 1. The second-order valence-electron chi connectivity index (χ2n) is 3.98. The molecule has 0 heterocycles. The third-order valence-corrected chi connectivity index (χ3v) is 3.60. The topological polar surface area (TPSA) is 29.1 Å². The van der Waals surface area contributed by atoms with E-state index in [-0.39, 0.29) is 11.3 Å². The summed E-state index contributed by atoms with van der Waals surface area (Å²) in [7, 11) is 0. The van der Waals surface area contributed by atoms with Gasteiger partial charge in [0.25, 0.3) is 5.91 Å². The van der Waals surface area contributed by atoms with Crippen LogP contribution in [0.4, 0.5) is 0 Å². The molecule has 1 aromatic rings. The molecule has 0 aliphatic rings. The van der Waals surface area contributed by atoms with Crippen molar-refractivity contribution in [2.75, 3.05) is 6.54 Å². The van der Waals surface area contributed by atoms with Crippen molar-refractivity contribution in [1.82, 2.24) is 5.32 Å². The lowest BCUT2D eigenvalue weighted by Gasteiger charge is -2.14. The fourth-order valence-electron chi connectivity index (χ4n) is 1.16. The van der Waals surface area contributed by atoms with E-state index in [2.05, 4.69) is 27.9 Å². The molecule has 0 aliphatic carbocycles. The Bertz CT molecular complexity index is 368. The maximum absolute atomic E-state index is 11.8. The van der Waals surface area contributed by atoms with Crippen molar-refractivity contribution in [2.45, 2.75) is 19.2 Å². The summed E-state index contributed by atoms with van der Waals surface area (Å²) in [5, 5.41) is 2.81. The molecule has 0 saturated heterocycles. The van der Waals surface area contributed by atoms with Gasteiger partial charge < -0.3 is 5.32 Å². The lowest BCUT2D eigenvalue weighted by molar-refractivity contribution is 0.0952. The molecule has 88 valence electrons. The Morgan fingerprint density at radius 3 is 2.75 bits per heavy atom. The Kier molecular flexibility index (Phi) is 5.55. The van der Waals surface area contributed by atoms with Crippen LogP contribution in [-0.4, -0.2) is 17.8 Å². The summed E-state index contributed by atoms with van der Waals surface area (Å²) in [6.45, 7) is 4.58. The summed E-state index contributed by atoms with van der Waals surface area (Å²) in [6, 6.07) is 7.48. The van der Waals surface area contributed by atoms with Gasteiger partial charge in [-0.15, -0.1) is 11.6 Å². The molecule has 1 amide bonds. The first-order valence-electron chi connectivity index (χ1n) is 5.18. The summed E-state index contributed by atoms with van der Waals surface area (Å²) in [5.74, 6) is 0.294. The molecule has 2 nitrogen and oxygen atoms in total. The SMILES string of the molecule is CC(C)C(Cl)CNC(=O)c1cccc(I)c1. The molecule has 1 unspecified atom stereocenters. The first-order valence-corrected chi connectivity index (χ1v) is 6.70. The van der Waals surface area contributed by atoms with E-state index in [1.807, 2.05) is 32.0 Å². The number of hydrogen-bond donors (Lipinski definition) is 1. The smallest absolute Gasteiger partial charge is 0.251 e. The van der Waals surface area contributed by atoms with Crippen molar-refractivity contribution in [3.05, 3.63) is 33.4 Å². The Morgan fingerprint density at radius 2 is 2.19 bits per heavy atom. The minimum Gasteiger partial charge on any atom is -0.351 e. The van der Waals surface area contributed by atoms with E-state index >= 15 is 0 Å². The number of rotatable bonds is 4. The number of halogens is 2. The van der Waals surface area contributed by atoms with Crippen LogP contribution in [0.15, 0.2) is 24.3 Å². The molecule has 1 N–H and O–H groups in total. The summed E-state index contributed by atoms with van der Waals surface area (Å²) in [5.41, 5.74) is 0.680. The highest BCUT2D eigenvalue weighted by atomic mass is 127. The van der Waals surface area contributed by atoms with Crippen molar-refractivity contribution in [3.8, 4) is 0 Å². The summed E-state index contributed by atoms with van der Waals surface area (Å²) in [6.07, 6.45) is 0. The summed E-state index contributed by atoms with van der Waals surface area (Å²) in [4.78, 5) is 11.8. The third kappa shape index (κ3) is 4.29. The molecular formula is C12H15ClINO. The van der Waals surface area contributed by atoms with Gasteiger partial charge in [0.05, 0.1) is 5.38 Å². The van der Waals surface area contributed by atoms with Crippen LogP contribution >= 0.6 is 34.2 Å². The molecule has 0 radical (unpaired) electrons. The van der Waals surface area contributed by atoms with E-state index in [0.29, 0.717) is 18.0 Å². The molecule has 0 bridgehead atoms.